The molecule has 3 aliphatic rings. The van der Waals surface area contributed by atoms with E-state index in [2.05, 4.69) is 26.9 Å². The van der Waals surface area contributed by atoms with Crippen LogP contribution >= 0.6 is 0 Å². The number of benzene rings is 1. The van der Waals surface area contributed by atoms with Crippen LogP contribution in [0.15, 0.2) is 54.7 Å². The molecular formula is C26H34N4O2. The van der Waals surface area contributed by atoms with Gasteiger partial charge in [0.05, 0.1) is 12.0 Å². The molecular weight excluding hydrogens is 400 g/mol. The predicted molar refractivity (Wildman–Crippen MR) is 126 cm³/mol. The van der Waals surface area contributed by atoms with Crippen molar-refractivity contribution in [2.45, 2.75) is 43.7 Å². The summed E-state index contributed by atoms with van der Waals surface area (Å²) in [6.07, 6.45) is 6.49. The highest BCUT2D eigenvalue weighted by atomic mass is 16.5. The van der Waals surface area contributed by atoms with Crippen LogP contribution in [0.2, 0.25) is 0 Å². The summed E-state index contributed by atoms with van der Waals surface area (Å²) in [5, 5.41) is 0. The highest BCUT2D eigenvalue weighted by Crippen LogP contribution is 2.37. The quantitative estimate of drug-likeness (QED) is 0.741. The molecule has 0 unspecified atom stereocenters. The number of ether oxygens (including phenoxy) is 1. The average molecular weight is 435 g/mol. The van der Waals surface area contributed by atoms with Gasteiger partial charge in [-0.15, -0.1) is 0 Å². The molecule has 0 N–H and O–H groups in total. The Labute approximate surface area is 191 Å². The van der Waals surface area contributed by atoms with Crippen molar-refractivity contribution in [2.24, 2.45) is 0 Å². The number of hydrogen-bond acceptors (Lipinski definition) is 5. The highest BCUT2D eigenvalue weighted by molar-refractivity contribution is 5.78. The number of likely N-dealkylation sites (tertiary alicyclic amines) is 1. The van der Waals surface area contributed by atoms with E-state index in [1.165, 1.54) is 0 Å². The SMILES string of the molecule is O=C(Cc1ccccc1)N1CCC2(CC1)C[C@@H](N1CCN(c3ccccn3)CC1)CCO2. The third kappa shape index (κ3) is 4.81. The first kappa shape index (κ1) is 21.4. The third-order valence-electron chi connectivity index (χ3n) is 7.50. The van der Waals surface area contributed by atoms with Crippen LogP contribution in [0.1, 0.15) is 31.2 Å². The van der Waals surface area contributed by atoms with E-state index in [4.69, 9.17) is 4.74 Å². The zero-order valence-corrected chi connectivity index (χ0v) is 18.9. The summed E-state index contributed by atoms with van der Waals surface area (Å²) in [4.78, 5) is 24.4. The molecule has 4 heterocycles. The number of amides is 1. The molecule has 1 aromatic carbocycles. The lowest BCUT2D eigenvalue weighted by atomic mass is 9.81. The van der Waals surface area contributed by atoms with E-state index < -0.39 is 0 Å². The second-order valence-electron chi connectivity index (χ2n) is 9.43. The molecule has 3 aliphatic heterocycles. The zero-order valence-electron chi connectivity index (χ0n) is 18.9. The van der Waals surface area contributed by atoms with Crippen molar-refractivity contribution < 1.29 is 9.53 Å². The average Bonchev–Trinajstić information content (AvgIpc) is 2.86. The monoisotopic (exact) mass is 434 g/mol. The van der Waals surface area contributed by atoms with Gasteiger partial charge >= 0.3 is 0 Å². The number of piperazine rings is 1. The normalized spacial score (nSPS) is 23.9. The Morgan fingerprint density at radius 1 is 0.969 bits per heavy atom. The van der Waals surface area contributed by atoms with Crippen LogP contribution in [0.5, 0.6) is 0 Å². The molecule has 0 saturated carbocycles. The van der Waals surface area contributed by atoms with Crippen molar-refractivity contribution in [1.82, 2.24) is 14.8 Å². The van der Waals surface area contributed by atoms with Gasteiger partial charge in [0, 0.05) is 58.1 Å². The first-order valence-corrected chi connectivity index (χ1v) is 12.1. The van der Waals surface area contributed by atoms with E-state index >= 15 is 0 Å². The van der Waals surface area contributed by atoms with Crippen LogP contribution in [0.25, 0.3) is 0 Å². The van der Waals surface area contributed by atoms with Crippen LogP contribution in [-0.2, 0) is 16.0 Å². The van der Waals surface area contributed by atoms with Gasteiger partial charge in [-0.25, -0.2) is 4.98 Å². The Kier molecular flexibility index (Phi) is 6.42. The number of anilines is 1. The molecule has 0 aliphatic carbocycles. The maximum Gasteiger partial charge on any atom is 0.226 e. The van der Waals surface area contributed by atoms with Gasteiger partial charge in [0.15, 0.2) is 0 Å². The molecule has 3 saturated heterocycles. The Hall–Kier alpha value is -2.44. The van der Waals surface area contributed by atoms with Crippen LogP contribution in [0.4, 0.5) is 5.82 Å². The van der Waals surface area contributed by atoms with Crippen molar-refractivity contribution >= 4 is 11.7 Å². The molecule has 0 radical (unpaired) electrons. The summed E-state index contributed by atoms with van der Waals surface area (Å²) < 4.78 is 6.38. The lowest BCUT2D eigenvalue weighted by Crippen LogP contribution is -2.57. The van der Waals surface area contributed by atoms with Gasteiger partial charge in [-0.1, -0.05) is 36.4 Å². The molecule has 1 amide bonds. The molecule has 3 fully saturated rings. The molecule has 2 aromatic rings. The number of rotatable bonds is 4. The van der Waals surface area contributed by atoms with Crippen LogP contribution in [0, 0.1) is 0 Å². The van der Waals surface area contributed by atoms with Gasteiger partial charge in [-0.05, 0) is 43.4 Å². The van der Waals surface area contributed by atoms with E-state index in [9.17, 15) is 4.79 Å². The Bertz CT molecular complexity index is 875. The molecule has 0 bridgehead atoms. The Morgan fingerprint density at radius 3 is 2.44 bits per heavy atom. The van der Waals surface area contributed by atoms with Crippen molar-refractivity contribution in [3.05, 3.63) is 60.3 Å². The van der Waals surface area contributed by atoms with Gasteiger partial charge < -0.3 is 14.5 Å². The number of aromatic nitrogens is 1. The summed E-state index contributed by atoms with van der Waals surface area (Å²) in [7, 11) is 0. The fourth-order valence-corrected chi connectivity index (χ4v) is 5.56. The standard InChI is InChI=1S/C26H34N4O2/c31-25(20-22-6-2-1-3-7-22)30-13-10-26(11-14-30)21-23(9-19-32-26)28-15-17-29(18-16-28)24-8-4-5-12-27-24/h1-8,12,23H,9-11,13-21H2/t23-/m0/s1. The largest absolute Gasteiger partial charge is 0.375 e. The Balaban J connectivity index is 1.12. The van der Waals surface area contributed by atoms with Gasteiger partial charge in [-0.3, -0.25) is 9.69 Å². The van der Waals surface area contributed by atoms with E-state index in [0.29, 0.717) is 12.5 Å². The summed E-state index contributed by atoms with van der Waals surface area (Å²) in [6, 6.07) is 16.8. The predicted octanol–water partition coefficient (Wildman–Crippen LogP) is 2.99. The van der Waals surface area contributed by atoms with Crippen molar-refractivity contribution in [1.29, 1.82) is 0 Å². The number of nitrogens with zero attached hydrogens (tertiary/aromatic N) is 4. The minimum atomic E-state index is -0.0510. The summed E-state index contributed by atoms with van der Waals surface area (Å²) in [5.41, 5.74) is 1.04. The van der Waals surface area contributed by atoms with Crippen molar-refractivity contribution in [3.63, 3.8) is 0 Å². The van der Waals surface area contributed by atoms with Gasteiger partial charge in [0.2, 0.25) is 5.91 Å². The summed E-state index contributed by atoms with van der Waals surface area (Å²) >= 11 is 0. The molecule has 170 valence electrons. The lowest BCUT2D eigenvalue weighted by molar-refractivity contribution is -0.148. The van der Waals surface area contributed by atoms with E-state index in [0.717, 1.165) is 82.9 Å². The Morgan fingerprint density at radius 2 is 1.72 bits per heavy atom. The first-order chi connectivity index (χ1) is 15.7. The summed E-state index contributed by atoms with van der Waals surface area (Å²) in [5.74, 6) is 1.33. The van der Waals surface area contributed by atoms with Gasteiger partial charge in [-0.2, -0.15) is 0 Å². The number of piperidine rings is 1. The van der Waals surface area contributed by atoms with Crippen molar-refractivity contribution in [3.8, 4) is 0 Å². The second kappa shape index (κ2) is 9.59. The minimum absolute atomic E-state index is 0.0510. The highest BCUT2D eigenvalue weighted by Gasteiger charge is 2.42. The number of pyridine rings is 1. The molecule has 6 nitrogen and oxygen atoms in total. The topological polar surface area (TPSA) is 48.9 Å². The molecule has 1 spiro atoms. The van der Waals surface area contributed by atoms with Gasteiger partial charge in [0.1, 0.15) is 5.82 Å². The minimum Gasteiger partial charge on any atom is -0.375 e. The van der Waals surface area contributed by atoms with E-state index in [1.807, 2.05) is 47.5 Å². The number of carbonyl (C=O) groups excluding carboxylic acids is 1. The zero-order chi connectivity index (χ0) is 21.8. The van der Waals surface area contributed by atoms with Crippen LogP contribution < -0.4 is 4.90 Å². The molecule has 6 heteroatoms. The van der Waals surface area contributed by atoms with E-state index in [1.54, 1.807) is 0 Å². The number of hydrogen-bond donors (Lipinski definition) is 0. The fourth-order valence-electron chi connectivity index (χ4n) is 5.56. The molecule has 5 rings (SSSR count). The molecule has 1 atom stereocenters. The fraction of sp³-hybridized carbons (Fsp3) is 0.538. The lowest BCUT2D eigenvalue weighted by Gasteiger charge is -2.49. The van der Waals surface area contributed by atoms with Gasteiger partial charge in [0.25, 0.3) is 0 Å². The third-order valence-corrected chi connectivity index (χ3v) is 7.50. The second-order valence-corrected chi connectivity index (χ2v) is 9.43. The van der Waals surface area contributed by atoms with E-state index in [-0.39, 0.29) is 11.5 Å². The summed E-state index contributed by atoms with van der Waals surface area (Å²) in [6.45, 7) is 6.69. The molecule has 32 heavy (non-hydrogen) atoms. The maximum absolute atomic E-state index is 12.8. The van der Waals surface area contributed by atoms with Crippen LogP contribution in [0.3, 0.4) is 0 Å². The van der Waals surface area contributed by atoms with Crippen LogP contribution in [-0.4, -0.2) is 78.2 Å². The maximum atomic E-state index is 12.8. The smallest absolute Gasteiger partial charge is 0.226 e. The molecule has 1 aromatic heterocycles. The first-order valence-electron chi connectivity index (χ1n) is 12.1. The van der Waals surface area contributed by atoms with Crippen molar-refractivity contribution in [2.75, 3.05) is 50.8 Å². The number of carbonyl (C=O) groups is 1.